The Balaban J connectivity index is 2.10. The number of nitrogens with zero attached hydrogens (tertiary/aromatic N) is 3. The molecule has 2 aromatic heterocycles. The molecule has 0 saturated carbocycles. The van der Waals surface area contributed by atoms with Crippen LogP contribution in [0.3, 0.4) is 0 Å². The van der Waals surface area contributed by atoms with Crippen molar-refractivity contribution in [3.63, 3.8) is 0 Å². The summed E-state index contributed by atoms with van der Waals surface area (Å²) in [5.41, 5.74) is 1.88. The average Bonchev–Trinajstić information content (AvgIpc) is 2.68. The van der Waals surface area contributed by atoms with E-state index in [1.54, 1.807) is 0 Å². The third-order valence-corrected chi connectivity index (χ3v) is 3.88. The van der Waals surface area contributed by atoms with Crippen LogP contribution in [0.5, 0.6) is 0 Å². The molecule has 3 rings (SSSR count). The minimum Gasteiger partial charge on any atom is -0.356 e. The van der Waals surface area contributed by atoms with E-state index in [0.29, 0.717) is 0 Å². The van der Waals surface area contributed by atoms with Crippen LogP contribution in [0.15, 0.2) is 21.3 Å². The maximum atomic E-state index is 5.76. The quantitative estimate of drug-likeness (QED) is 0.728. The number of fused-ring (bicyclic) bond motifs is 1. The standard InChI is InChI=1S/C11H11Br2N3O/c12-8-5-4-7-10(14-8)11(13)15-16(7)9-3-1-2-6-17-9/h4-5,9H,1-3,6H2. The van der Waals surface area contributed by atoms with Crippen molar-refractivity contribution < 1.29 is 4.74 Å². The second-order valence-corrected chi connectivity index (χ2v) is 5.62. The molecule has 0 aliphatic carbocycles. The molecular formula is C11H11Br2N3O. The maximum absolute atomic E-state index is 5.76. The summed E-state index contributed by atoms with van der Waals surface area (Å²) in [5, 5.41) is 4.48. The van der Waals surface area contributed by atoms with Crippen LogP contribution in [0.2, 0.25) is 0 Å². The van der Waals surface area contributed by atoms with Crippen molar-refractivity contribution in [3.05, 3.63) is 21.3 Å². The van der Waals surface area contributed by atoms with Crippen molar-refractivity contribution in [3.8, 4) is 0 Å². The molecule has 4 nitrogen and oxygen atoms in total. The molecule has 17 heavy (non-hydrogen) atoms. The number of halogens is 2. The van der Waals surface area contributed by atoms with E-state index in [2.05, 4.69) is 41.9 Å². The molecule has 1 unspecified atom stereocenters. The molecule has 0 amide bonds. The van der Waals surface area contributed by atoms with Crippen molar-refractivity contribution in [2.75, 3.05) is 6.61 Å². The van der Waals surface area contributed by atoms with E-state index < -0.39 is 0 Å². The second kappa shape index (κ2) is 4.66. The molecule has 0 aromatic carbocycles. The Kier molecular flexibility index (Phi) is 3.19. The molecule has 0 radical (unpaired) electrons. The number of aromatic nitrogens is 3. The Bertz CT molecular complexity index is 549. The van der Waals surface area contributed by atoms with Crippen LogP contribution in [0, 0.1) is 0 Å². The zero-order valence-corrected chi connectivity index (χ0v) is 12.2. The van der Waals surface area contributed by atoms with Gasteiger partial charge in [-0.05, 0) is 63.3 Å². The van der Waals surface area contributed by atoms with Gasteiger partial charge in [-0.1, -0.05) is 0 Å². The summed E-state index contributed by atoms with van der Waals surface area (Å²) < 4.78 is 9.27. The first-order valence-electron chi connectivity index (χ1n) is 5.57. The number of pyridine rings is 1. The van der Waals surface area contributed by atoms with E-state index in [-0.39, 0.29) is 6.23 Å². The van der Waals surface area contributed by atoms with Gasteiger partial charge in [-0.25, -0.2) is 9.67 Å². The molecule has 0 bridgehead atoms. The van der Waals surface area contributed by atoms with E-state index in [9.17, 15) is 0 Å². The Morgan fingerprint density at radius 3 is 2.94 bits per heavy atom. The summed E-state index contributed by atoms with van der Waals surface area (Å²) in [6.07, 6.45) is 3.38. The van der Waals surface area contributed by atoms with Crippen molar-refractivity contribution >= 4 is 42.9 Å². The highest BCUT2D eigenvalue weighted by Gasteiger charge is 2.20. The highest BCUT2D eigenvalue weighted by molar-refractivity contribution is 9.10. The van der Waals surface area contributed by atoms with Crippen molar-refractivity contribution in [1.29, 1.82) is 0 Å². The Hall–Kier alpha value is -0.460. The third-order valence-electron chi connectivity index (χ3n) is 2.91. The van der Waals surface area contributed by atoms with Gasteiger partial charge in [-0.2, -0.15) is 5.10 Å². The van der Waals surface area contributed by atoms with Crippen molar-refractivity contribution in [2.45, 2.75) is 25.5 Å². The molecule has 1 saturated heterocycles. The summed E-state index contributed by atoms with van der Waals surface area (Å²) in [4.78, 5) is 4.42. The van der Waals surface area contributed by atoms with Crippen molar-refractivity contribution in [2.24, 2.45) is 0 Å². The molecule has 6 heteroatoms. The van der Waals surface area contributed by atoms with Crippen molar-refractivity contribution in [1.82, 2.24) is 14.8 Å². The van der Waals surface area contributed by atoms with Crippen LogP contribution in [-0.4, -0.2) is 21.4 Å². The van der Waals surface area contributed by atoms with Crippen LogP contribution >= 0.6 is 31.9 Å². The molecular weight excluding hydrogens is 350 g/mol. The smallest absolute Gasteiger partial charge is 0.154 e. The summed E-state index contributed by atoms with van der Waals surface area (Å²) in [6.45, 7) is 0.813. The first kappa shape index (κ1) is 11.6. The van der Waals surface area contributed by atoms with Gasteiger partial charge in [-0.15, -0.1) is 0 Å². The molecule has 1 aliphatic rings. The minimum absolute atomic E-state index is 0.0422. The Morgan fingerprint density at radius 2 is 2.18 bits per heavy atom. The summed E-state index contributed by atoms with van der Waals surface area (Å²) in [5.74, 6) is 0. The summed E-state index contributed by atoms with van der Waals surface area (Å²) >= 11 is 6.82. The first-order valence-corrected chi connectivity index (χ1v) is 7.16. The lowest BCUT2D eigenvalue weighted by Crippen LogP contribution is -2.19. The van der Waals surface area contributed by atoms with E-state index in [4.69, 9.17) is 4.74 Å². The number of hydrogen-bond donors (Lipinski definition) is 0. The normalized spacial score (nSPS) is 20.9. The highest BCUT2D eigenvalue weighted by Crippen LogP contribution is 2.29. The number of hydrogen-bond acceptors (Lipinski definition) is 3. The minimum atomic E-state index is 0.0422. The molecule has 3 heterocycles. The second-order valence-electron chi connectivity index (χ2n) is 4.06. The fraction of sp³-hybridized carbons (Fsp3) is 0.455. The summed E-state index contributed by atoms with van der Waals surface area (Å²) in [7, 11) is 0. The van der Waals surface area contributed by atoms with Gasteiger partial charge >= 0.3 is 0 Å². The monoisotopic (exact) mass is 359 g/mol. The van der Waals surface area contributed by atoms with Gasteiger partial charge in [-0.3, -0.25) is 0 Å². The SMILES string of the molecule is Brc1ccc2c(n1)c(Br)nn2C1CCCCO1. The Morgan fingerprint density at radius 1 is 1.29 bits per heavy atom. The van der Waals surface area contributed by atoms with Gasteiger partial charge in [0, 0.05) is 6.61 Å². The fourth-order valence-corrected chi connectivity index (χ4v) is 2.87. The van der Waals surface area contributed by atoms with Crippen LogP contribution in [0.4, 0.5) is 0 Å². The molecule has 1 fully saturated rings. The topological polar surface area (TPSA) is 39.9 Å². The molecule has 1 atom stereocenters. The van der Waals surface area contributed by atoms with Gasteiger partial charge in [0.05, 0.1) is 5.52 Å². The van der Waals surface area contributed by atoms with Crippen LogP contribution in [0.1, 0.15) is 25.5 Å². The maximum Gasteiger partial charge on any atom is 0.154 e. The molecule has 2 aromatic rings. The van der Waals surface area contributed by atoms with Gasteiger partial charge in [0.15, 0.2) is 10.8 Å². The third kappa shape index (κ3) is 2.13. The van der Waals surface area contributed by atoms with Crippen LogP contribution in [0.25, 0.3) is 11.0 Å². The average molecular weight is 361 g/mol. The van der Waals surface area contributed by atoms with E-state index in [0.717, 1.165) is 39.7 Å². The molecule has 1 aliphatic heterocycles. The van der Waals surface area contributed by atoms with Crippen LogP contribution < -0.4 is 0 Å². The first-order chi connectivity index (χ1) is 8.25. The molecule has 90 valence electrons. The van der Waals surface area contributed by atoms with E-state index in [1.165, 1.54) is 6.42 Å². The summed E-state index contributed by atoms with van der Waals surface area (Å²) in [6, 6.07) is 3.94. The lowest BCUT2D eigenvalue weighted by atomic mass is 10.2. The van der Waals surface area contributed by atoms with E-state index in [1.807, 2.05) is 16.8 Å². The van der Waals surface area contributed by atoms with Gasteiger partial charge in [0.25, 0.3) is 0 Å². The highest BCUT2D eigenvalue weighted by atomic mass is 79.9. The number of ether oxygens (including phenoxy) is 1. The van der Waals surface area contributed by atoms with E-state index >= 15 is 0 Å². The zero-order chi connectivity index (χ0) is 11.8. The predicted molar refractivity (Wildman–Crippen MR) is 71.8 cm³/mol. The van der Waals surface area contributed by atoms with Gasteiger partial charge in [0.1, 0.15) is 10.1 Å². The number of rotatable bonds is 1. The predicted octanol–water partition coefficient (Wildman–Crippen LogP) is 3.66. The Labute approximate surface area is 116 Å². The molecule has 0 spiro atoms. The fourth-order valence-electron chi connectivity index (χ4n) is 2.10. The zero-order valence-electron chi connectivity index (χ0n) is 9.07. The van der Waals surface area contributed by atoms with Gasteiger partial charge < -0.3 is 4.74 Å². The van der Waals surface area contributed by atoms with Gasteiger partial charge in [0.2, 0.25) is 0 Å². The lowest BCUT2D eigenvalue weighted by molar-refractivity contribution is -0.0368. The lowest BCUT2D eigenvalue weighted by Gasteiger charge is -2.23. The largest absolute Gasteiger partial charge is 0.356 e. The van der Waals surface area contributed by atoms with Crippen LogP contribution in [-0.2, 0) is 4.74 Å². The molecule has 0 N–H and O–H groups in total.